The van der Waals surface area contributed by atoms with Crippen LogP contribution in [0.3, 0.4) is 0 Å². The number of carbonyl (C=O) groups excluding carboxylic acids is 1. The van der Waals surface area contributed by atoms with E-state index in [-0.39, 0.29) is 51.4 Å². The number of aliphatic carboxylic acids is 1. The molecule has 0 aliphatic rings. The minimum absolute atomic E-state index is 0. The smallest absolute Gasteiger partial charge is 0.544 e. The number of halogens is 5. The predicted octanol–water partition coefficient (Wildman–Crippen LogP) is -2.55. The Kier molecular flexibility index (Phi) is 6.59. The molecule has 0 N–H and O–H groups in total. The van der Waals surface area contributed by atoms with Gasteiger partial charge in [-0.1, -0.05) is 0 Å². The summed E-state index contributed by atoms with van der Waals surface area (Å²) in [6, 6.07) is 0. The molecule has 8 heteroatoms. The average Bonchev–Trinajstić information content (AvgIpc) is 1.85. The summed E-state index contributed by atoms with van der Waals surface area (Å²) >= 11 is 0. The molecule has 2 nitrogen and oxygen atoms in total. The van der Waals surface area contributed by atoms with Crippen molar-refractivity contribution in [2.24, 2.45) is 0 Å². The van der Waals surface area contributed by atoms with Crippen LogP contribution in [0.1, 0.15) is 0 Å². The molecular formula is C4F5KO2. The van der Waals surface area contributed by atoms with E-state index >= 15 is 0 Å². The second kappa shape index (κ2) is 5.27. The third-order valence-electron chi connectivity index (χ3n) is 0.698. The van der Waals surface area contributed by atoms with Gasteiger partial charge in [-0.3, -0.25) is 0 Å². The molecule has 0 aliphatic heterocycles. The molecule has 64 valence electrons. The van der Waals surface area contributed by atoms with Crippen LogP contribution in [0.4, 0.5) is 22.0 Å². The molecule has 0 bridgehead atoms. The predicted molar refractivity (Wildman–Crippen MR) is 20.3 cm³/mol. The zero-order valence-electron chi connectivity index (χ0n) is 5.71. The number of rotatable bonds is 2. The van der Waals surface area contributed by atoms with E-state index in [0.717, 1.165) is 0 Å². The molecular weight excluding hydrogens is 214 g/mol. The molecule has 0 radical (unpaired) electrons. The minimum atomic E-state index is -5.25. The molecule has 0 spiro atoms. The van der Waals surface area contributed by atoms with Crippen LogP contribution in [0.25, 0.3) is 0 Å². The molecule has 0 saturated heterocycles. The van der Waals surface area contributed by atoms with E-state index in [2.05, 4.69) is 0 Å². The first-order valence-electron chi connectivity index (χ1n) is 2.10. The Morgan fingerprint density at radius 2 is 1.50 bits per heavy atom. The second-order valence-corrected chi connectivity index (χ2v) is 1.44. The van der Waals surface area contributed by atoms with Gasteiger partial charge in [0, 0.05) is 0 Å². The maximum absolute atomic E-state index is 11.6. The first-order chi connectivity index (χ1) is 4.80. The summed E-state index contributed by atoms with van der Waals surface area (Å²) in [5.74, 6) is -11.8. The van der Waals surface area contributed by atoms with Crippen molar-refractivity contribution in [3.8, 4) is 0 Å². The van der Waals surface area contributed by atoms with Gasteiger partial charge < -0.3 is 9.90 Å². The molecule has 0 aromatic heterocycles. The molecule has 0 rings (SSSR count). The summed E-state index contributed by atoms with van der Waals surface area (Å²) in [6.45, 7) is 0. The van der Waals surface area contributed by atoms with E-state index in [1.165, 1.54) is 0 Å². The third kappa shape index (κ3) is 3.48. The fourth-order valence-electron chi connectivity index (χ4n) is 0.208. The Bertz CT molecular complexity index is 209. The van der Waals surface area contributed by atoms with Gasteiger partial charge >= 0.3 is 63.4 Å². The number of hydrogen-bond acceptors (Lipinski definition) is 2. The number of alkyl halides is 2. The van der Waals surface area contributed by atoms with Gasteiger partial charge in [-0.15, -0.1) is 0 Å². The fourth-order valence-corrected chi connectivity index (χ4v) is 0.208. The van der Waals surface area contributed by atoms with Crippen LogP contribution in [0.2, 0.25) is 0 Å². The topological polar surface area (TPSA) is 40.1 Å². The van der Waals surface area contributed by atoms with Crippen molar-refractivity contribution in [1.82, 2.24) is 0 Å². The fraction of sp³-hybridized carbons (Fsp3) is 0.250. The average molecular weight is 214 g/mol. The second-order valence-electron chi connectivity index (χ2n) is 1.44. The van der Waals surface area contributed by atoms with Crippen LogP contribution < -0.4 is 56.5 Å². The molecule has 0 aliphatic carbocycles. The van der Waals surface area contributed by atoms with Crippen LogP contribution in [0.15, 0.2) is 11.9 Å². The Morgan fingerprint density at radius 1 is 1.17 bits per heavy atom. The zero-order chi connectivity index (χ0) is 9.23. The van der Waals surface area contributed by atoms with Gasteiger partial charge in [-0.05, 0) is 0 Å². The molecule has 0 heterocycles. The first kappa shape index (κ1) is 15.0. The molecule has 0 atom stereocenters. The molecule has 0 unspecified atom stereocenters. The van der Waals surface area contributed by atoms with Gasteiger partial charge in [0.25, 0.3) is 0 Å². The monoisotopic (exact) mass is 214 g/mol. The minimum Gasteiger partial charge on any atom is -0.544 e. The van der Waals surface area contributed by atoms with Gasteiger partial charge in [0.2, 0.25) is 5.83 Å². The largest absolute Gasteiger partial charge is 1.00 e. The number of carboxylic acid groups (broad SMARTS) is 1. The summed E-state index contributed by atoms with van der Waals surface area (Å²) in [7, 11) is 0. The Balaban J connectivity index is 0. The van der Waals surface area contributed by atoms with Gasteiger partial charge in [0.05, 0.1) is 0 Å². The summed E-state index contributed by atoms with van der Waals surface area (Å²) in [6.07, 6.45) is -3.38. The summed E-state index contributed by atoms with van der Waals surface area (Å²) in [4.78, 5) is 9.30. The van der Waals surface area contributed by atoms with Crippen LogP contribution >= 0.6 is 0 Å². The molecule has 0 aromatic rings. The molecule has 12 heavy (non-hydrogen) atoms. The van der Waals surface area contributed by atoms with E-state index in [1.807, 2.05) is 0 Å². The van der Waals surface area contributed by atoms with E-state index < -0.39 is 23.8 Å². The van der Waals surface area contributed by atoms with Crippen molar-refractivity contribution < 1.29 is 83.2 Å². The van der Waals surface area contributed by atoms with E-state index in [4.69, 9.17) is 0 Å². The van der Waals surface area contributed by atoms with E-state index in [0.29, 0.717) is 0 Å². The first-order valence-corrected chi connectivity index (χ1v) is 2.10. The number of carboxylic acids is 1. The Labute approximate surface area is 106 Å². The van der Waals surface area contributed by atoms with Crippen LogP contribution in [-0.4, -0.2) is 11.9 Å². The normalized spacial score (nSPS) is 10.1. The van der Waals surface area contributed by atoms with Crippen molar-refractivity contribution in [2.45, 2.75) is 5.92 Å². The standard InChI is InChI=1S/C4HF5O2.K/c5-1(2(6)7)4(8,9)3(10)11;/h(H,10,11);/q;+1/p-1. The van der Waals surface area contributed by atoms with Crippen LogP contribution in [0.5, 0.6) is 0 Å². The van der Waals surface area contributed by atoms with Crippen molar-refractivity contribution in [3.05, 3.63) is 11.9 Å². The van der Waals surface area contributed by atoms with Gasteiger partial charge in [0.15, 0.2) is 0 Å². The number of carbonyl (C=O) groups is 1. The summed E-state index contributed by atoms with van der Waals surface area (Å²) in [5, 5.41) is 9.30. The van der Waals surface area contributed by atoms with Gasteiger partial charge in [0.1, 0.15) is 5.97 Å². The van der Waals surface area contributed by atoms with E-state index in [1.54, 1.807) is 0 Å². The Morgan fingerprint density at radius 3 is 1.58 bits per heavy atom. The van der Waals surface area contributed by atoms with Gasteiger partial charge in [-0.25, -0.2) is 0 Å². The van der Waals surface area contributed by atoms with Crippen molar-refractivity contribution in [3.63, 3.8) is 0 Å². The van der Waals surface area contributed by atoms with Crippen molar-refractivity contribution in [2.75, 3.05) is 0 Å². The SMILES string of the molecule is O=C([O-])C(F)(F)C(F)=C(F)F.[K+]. The zero-order valence-corrected chi connectivity index (χ0v) is 8.83. The van der Waals surface area contributed by atoms with Gasteiger partial charge in [-0.2, -0.15) is 22.0 Å². The summed E-state index contributed by atoms with van der Waals surface area (Å²) in [5.41, 5.74) is 0. The molecule has 0 fully saturated rings. The van der Waals surface area contributed by atoms with Crippen molar-refractivity contribution in [1.29, 1.82) is 0 Å². The van der Waals surface area contributed by atoms with Crippen LogP contribution in [0, 0.1) is 0 Å². The maximum atomic E-state index is 11.6. The molecule has 0 amide bonds. The summed E-state index contributed by atoms with van der Waals surface area (Å²) < 4.78 is 56.8. The maximum Gasteiger partial charge on any atom is 1.00 e. The van der Waals surface area contributed by atoms with Crippen molar-refractivity contribution >= 4 is 5.97 Å². The van der Waals surface area contributed by atoms with E-state index in [9.17, 15) is 31.9 Å². The third-order valence-corrected chi connectivity index (χ3v) is 0.698. The van der Waals surface area contributed by atoms with Crippen LogP contribution in [-0.2, 0) is 4.79 Å². The number of hydrogen-bond donors (Lipinski definition) is 0. The Hall–Kier alpha value is 0.496. The quantitative estimate of drug-likeness (QED) is 0.375. The molecule has 0 aromatic carbocycles. The molecule has 0 saturated carbocycles.